The summed E-state index contributed by atoms with van der Waals surface area (Å²) in [5.74, 6) is 0.148. The van der Waals surface area contributed by atoms with Crippen LogP contribution in [0.4, 0.5) is 13.2 Å². The highest BCUT2D eigenvalue weighted by atomic mass is 79.9. The minimum Gasteiger partial charge on any atom is -0.477 e. The zero-order valence-corrected chi connectivity index (χ0v) is 9.81. The van der Waals surface area contributed by atoms with Crippen LogP contribution in [-0.4, -0.2) is 17.8 Å². The maximum absolute atomic E-state index is 11.9. The van der Waals surface area contributed by atoms with Crippen LogP contribution >= 0.6 is 15.9 Å². The predicted molar refractivity (Wildman–Crippen MR) is 56.0 cm³/mol. The molecule has 3 nitrogen and oxygen atoms in total. The first-order chi connectivity index (χ1) is 7.42. The van der Waals surface area contributed by atoms with Gasteiger partial charge in [-0.2, -0.15) is 13.2 Å². The molecule has 0 aromatic carbocycles. The van der Waals surface area contributed by atoms with Crippen molar-refractivity contribution in [2.45, 2.75) is 19.1 Å². The van der Waals surface area contributed by atoms with E-state index in [9.17, 15) is 13.2 Å². The summed E-state index contributed by atoms with van der Waals surface area (Å²) in [7, 11) is 0. The van der Waals surface area contributed by atoms with E-state index in [4.69, 9.17) is 10.5 Å². The Balaban J connectivity index is 2.60. The van der Waals surface area contributed by atoms with Crippen LogP contribution in [0, 0.1) is 0 Å². The van der Waals surface area contributed by atoms with Gasteiger partial charge >= 0.3 is 6.18 Å². The van der Waals surface area contributed by atoms with E-state index in [0.29, 0.717) is 10.0 Å². The van der Waals surface area contributed by atoms with Crippen molar-refractivity contribution in [1.29, 1.82) is 0 Å². The lowest BCUT2D eigenvalue weighted by molar-refractivity contribution is -0.139. The molecule has 0 atom stereocenters. The van der Waals surface area contributed by atoms with Crippen LogP contribution in [0.25, 0.3) is 0 Å². The fraction of sp³-hybridized carbons (Fsp3) is 0.444. The zero-order chi connectivity index (χ0) is 12.2. The minimum atomic E-state index is -4.22. The molecule has 7 heteroatoms. The van der Waals surface area contributed by atoms with E-state index in [1.807, 2.05) is 0 Å². The maximum atomic E-state index is 11.9. The van der Waals surface area contributed by atoms with Crippen molar-refractivity contribution in [1.82, 2.24) is 4.98 Å². The molecule has 0 amide bonds. The van der Waals surface area contributed by atoms with Gasteiger partial charge in [0.25, 0.3) is 0 Å². The first-order valence-electron chi connectivity index (χ1n) is 4.46. The standard InChI is InChI=1S/C9H10BrF3N2O/c10-7-3-6(4-14)8(15-5-7)16-2-1-9(11,12)13/h3,5H,1-2,4,14H2. The third kappa shape index (κ3) is 4.36. The van der Waals surface area contributed by atoms with Crippen molar-refractivity contribution >= 4 is 15.9 Å². The second-order valence-electron chi connectivity index (χ2n) is 3.04. The summed E-state index contributed by atoms with van der Waals surface area (Å²) < 4.78 is 41.2. The molecule has 0 saturated heterocycles. The highest BCUT2D eigenvalue weighted by Gasteiger charge is 2.27. The highest BCUT2D eigenvalue weighted by Crippen LogP contribution is 2.22. The van der Waals surface area contributed by atoms with Crippen LogP contribution in [0.15, 0.2) is 16.7 Å². The second kappa shape index (κ2) is 5.49. The lowest BCUT2D eigenvalue weighted by atomic mass is 10.3. The topological polar surface area (TPSA) is 48.1 Å². The molecule has 90 valence electrons. The Bertz CT molecular complexity index is 357. The van der Waals surface area contributed by atoms with Gasteiger partial charge in [-0.1, -0.05) is 0 Å². The number of rotatable bonds is 4. The molecule has 0 spiro atoms. The quantitative estimate of drug-likeness (QED) is 0.929. The minimum absolute atomic E-state index is 0.148. The van der Waals surface area contributed by atoms with E-state index in [0.717, 1.165) is 0 Å². The molecule has 0 aliphatic carbocycles. The highest BCUT2D eigenvalue weighted by molar-refractivity contribution is 9.10. The van der Waals surface area contributed by atoms with Gasteiger partial charge in [-0.05, 0) is 22.0 Å². The Labute approximate surface area is 98.9 Å². The van der Waals surface area contributed by atoms with Gasteiger partial charge in [-0.15, -0.1) is 0 Å². The van der Waals surface area contributed by atoms with Gasteiger partial charge in [0.05, 0.1) is 13.0 Å². The number of halogens is 4. The number of pyridine rings is 1. The number of alkyl halides is 3. The van der Waals surface area contributed by atoms with Gasteiger partial charge in [-0.25, -0.2) is 4.98 Å². The Kier molecular flexibility index (Phi) is 4.55. The molecule has 0 bridgehead atoms. The van der Waals surface area contributed by atoms with E-state index in [-0.39, 0.29) is 12.4 Å². The van der Waals surface area contributed by atoms with Gasteiger partial charge < -0.3 is 10.5 Å². The van der Waals surface area contributed by atoms with Crippen molar-refractivity contribution in [2.24, 2.45) is 5.73 Å². The van der Waals surface area contributed by atoms with Crippen LogP contribution in [-0.2, 0) is 6.54 Å². The molecule has 16 heavy (non-hydrogen) atoms. The van der Waals surface area contributed by atoms with Crippen LogP contribution in [0.1, 0.15) is 12.0 Å². The third-order valence-electron chi connectivity index (χ3n) is 1.74. The lowest BCUT2D eigenvalue weighted by Crippen LogP contribution is -2.14. The summed E-state index contributed by atoms with van der Waals surface area (Å²) in [6.45, 7) is -0.293. The van der Waals surface area contributed by atoms with E-state index in [1.165, 1.54) is 6.20 Å². The molecule has 1 aromatic heterocycles. The summed E-state index contributed by atoms with van der Waals surface area (Å²) in [5, 5.41) is 0. The molecular formula is C9H10BrF3N2O. The van der Waals surface area contributed by atoms with E-state index in [2.05, 4.69) is 20.9 Å². The number of aromatic nitrogens is 1. The first-order valence-corrected chi connectivity index (χ1v) is 5.25. The number of ether oxygens (including phenoxy) is 1. The summed E-state index contributed by atoms with van der Waals surface area (Å²) in [4.78, 5) is 3.85. The molecule has 2 N–H and O–H groups in total. The number of nitrogens with two attached hydrogens (primary N) is 1. The molecule has 0 unspecified atom stereocenters. The molecule has 0 radical (unpaired) electrons. The van der Waals surface area contributed by atoms with E-state index < -0.39 is 19.2 Å². The Morgan fingerprint density at radius 3 is 2.69 bits per heavy atom. The SMILES string of the molecule is NCc1cc(Br)cnc1OCCC(F)(F)F. The lowest BCUT2D eigenvalue weighted by Gasteiger charge is -2.10. The summed E-state index contributed by atoms with van der Waals surface area (Å²) in [6.07, 6.45) is -3.78. The average molecular weight is 299 g/mol. The van der Waals surface area contributed by atoms with Gasteiger partial charge in [0.1, 0.15) is 0 Å². The van der Waals surface area contributed by atoms with Crippen LogP contribution in [0.2, 0.25) is 0 Å². The van der Waals surface area contributed by atoms with Crippen molar-refractivity contribution in [3.8, 4) is 5.88 Å². The molecule has 1 heterocycles. The molecule has 0 aliphatic rings. The summed E-state index contributed by atoms with van der Waals surface area (Å²) in [6, 6.07) is 1.66. The first kappa shape index (κ1) is 13.2. The zero-order valence-electron chi connectivity index (χ0n) is 8.22. The van der Waals surface area contributed by atoms with Crippen molar-refractivity contribution in [3.05, 3.63) is 22.3 Å². The molecule has 1 rings (SSSR count). The monoisotopic (exact) mass is 298 g/mol. The normalized spacial score (nSPS) is 11.6. The van der Waals surface area contributed by atoms with Crippen LogP contribution < -0.4 is 10.5 Å². The Morgan fingerprint density at radius 1 is 1.44 bits per heavy atom. The maximum Gasteiger partial charge on any atom is 0.392 e. The molecule has 0 fully saturated rings. The average Bonchev–Trinajstić information content (AvgIpc) is 2.18. The second-order valence-corrected chi connectivity index (χ2v) is 3.95. The number of hydrogen-bond acceptors (Lipinski definition) is 3. The fourth-order valence-electron chi connectivity index (χ4n) is 1.01. The number of nitrogens with zero attached hydrogens (tertiary/aromatic N) is 1. The third-order valence-corrected chi connectivity index (χ3v) is 2.17. The Morgan fingerprint density at radius 2 is 2.12 bits per heavy atom. The fourth-order valence-corrected chi connectivity index (χ4v) is 1.39. The van der Waals surface area contributed by atoms with Gasteiger partial charge in [0.15, 0.2) is 0 Å². The predicted octanol–water partition coefficient (Wildman–Crippen LogP) is 2.63. The van der Waals surface area contributed by atoms with Crippen molar-refractivity contribution in [3.63, 3.8) is 0 Å². The van der Waals surface area contributed by atoms with Gasteiger partial charge in [-0.3, -0.25) is 0 Å². The number of hydrogen-bond donors (Lipinski definition) is 1. The largest absolute Gasteiger partial charge is 0.477 e. The Hall–Kier alpha value is -0.820. The molecular weight excluding hydrogens is 289 g/mol. The van der Waals surface area contributed by atoms with Gasteiger partial charge in [0.2, 0.25) is 5.88 Å². The summed E-state index contributed by atoms with van der Waals surface area (Å²) >= 11 is 3.18. The van der Waals surface area contributed by atoms with E-state index in [1.54, 1.807) is 6.07 Å². The molecule has 0 aliphatic heterocycles. The van der Waals surface area contributed by atoms with Crippen molar-refractivity contribution in [2.75, 3.05) is 6.61 Å². The van der Waals surface area contributed by atoms with Gasteiger partial charge in [0, 0.05) is 22.8 Å². The smallest absolute Gasteiger partial charge is 0.392 e. The molecule has 0 saturated carbocycles. The van der Waals surface area contributed by atoms with Crippen LogP contribution in [0.3, 0.4) is 0 Å². The van der Waals surface area contributed by atoms with Crippen molar-refractivity contribution < 1.29 is 17.9 Å². The summed E-state index contributed by atoms with van der Waals surface area (Å²) in [5.41, 5.74) is 5.98. The van der Waals surface area contributed by atoms with E-state index >= 15 is 0 Å². The molecule has 1 aromatic rings. The van der Waals surface area contributed by atoms with Crippen LogP contribution in [0.5, 0.6) is 5.88 Å².